The Labute approximate surface area is 497 Å². The van der Waals surface area contributed by atoms with Crippen LogP contribution < -0.4 is 9.80 Å². The fourth-order valence-electron chi connectivity index (χ4n) is 15.0. The first-order valence-electron chi connectivity index (χ1n) is 29.0. The summed E-state index contributed by atoms with van der Waals surface area (Å²) in [5.74, 6) is 0. The normalized spacial score (nSPS) is 13.4. The van der Waals surface area contributed by atoms with Crippen molar-refractivity contribution in [2.24, 2.45) is 0 Å². The Kier molecular flexibility index (Phi) is 10.3. The molecule has 1 aliphatic carbocycles. The van der Waals surface area contributed by atoms with E-state index in [0.29, 0.717) is 44.1 Å². The minimum absolute atomic E-state index is 0.240. The maximum absolute atomic E-state index is 14.9. The molecule has 1 aliphatic heterocycles. The van der Waals surface area contributed by atoms with Gasteiger partial charge in [0.2, 0.25) is 0 Å². The SMILES string of the molecule is FC(F)(F)c1cccc2c1oc1c(N(c3ccccc3)c3cc4c(c5ccccc35)-c3c(cc(N(c5ccccc5)c5cccc6c5oc5c(C(F)(F)F)cccc56)c5ccccc35)C43c4ccccc4-n4c5ccccc5c5cccc3c54)cccc12. The van der Waals surface area contributed by atoms with Gasteiger partial charge in [0, 0.05) is 54.5 Å². The summed E-state index contributed by atoms with van der Waals surface area (Å²) < 4.78 is 105. The molecule has 3 aromatic heterocycles. The number of para-hydroxylation sites is 9. The molecule has 420 valence electrons. The first kappa shape index (κ1) is 50.3. The summed E-state index contributed by atoms with van der Waals surface area (Å²) in [6, 6.07) is 84.3. The van der Waals surface area contributed by atoms with Gasteiger partial charge in [0.15, 0.2) is 11.2 Å². The van der Waals surface area contributed by atoms with Gasteiger partial charge in [-0.15, -0.1) is 0 Å². The summed E-state index contributed by atoms with van der Waals surface area (Å²) in [5, 5.41) is 7.57. The molecule has 1 spiro atoms. The number of anilines is 6. The highest BCUT2D eigenvalue weighted by Crippen LogP contribution is 2.66. The Hall–Kier alpha value is -11.0. The fourth-order valence-corrected chi connectivity index (χ4v) is 15.0. The summed E-state index contributed by atoms with van der Waals surface area (Å²) in [7, 11) is 0. The molecule has 0 saturated heterocycles. The summed E-state index contributed by atoms with van der Waals surface area (Å²) in [6.07, 6.45) is -9.36. The molecule has 16 aromatic rings. The van der Waals surface area contributed by atoms with Gasteiger partial charge in [-0.05, 0) is 117 Å². The van der Waals surface area contributed by atoms with Crippen LogP contribution in [0.25, 0.3) is 104 Å². The third-order valence-corrected chi connectivity index (χ3v) is 18.4. The maximum atomic E-state index is 14.9. The zero-order valence-corrected chi connectivity index (χ0v) is 46.3. The number of halogens is 6. The molecule has 11 heteroatoms. The van der Waals surface area contributed by atoms with E-state index in [1.54, 1.807) is 12.1 Å². The number of hydrogen-bond donors (Lipinski definition) is 0. The van der Waals surface area contributed by atoms with E-state index in [-0.39, 0.29) is 11.2 Å². The smallest absolute Gasteiger partial charge is 0.420 e. The molecule has 0 bridgehead atoms. The predicted molar refractivity (Wildman–Crippen MR) is 341 cm³/mol. The van der Waals surface area contributed by atoms with Crippen molar-refractivity contribution in [3.8, 4) is 16.8 Å². The lowest BCUT2D eigenvalue weighted by atomic mass is 9.65. The van der Waals surface area contributed by atoms with Crippen LogP contribution >= 0.6 is 0 Å². The van der Waals surface area contributed by atoms with E-state index in [4.69, 9.17) is 8.83 Å². The molecule has 0 N–H and O–H groups in total. The highest BCUT2D eigenvalue weighted by atomic mass is 19.4. The van der Waals surface area contributed by atoms with Crippen molar-refractivity contribution in [3.05, 3.63) is 294 Å². The van der Waals surface area contributed by atoms with Crippen LogP contribution in [-0.4, -0.2) is 4.57 Å². The van der Waals surface area contributed by atoms with Crippen LogP contribution in [-0.2, 0) is 17.8 Å². The zero-order chi connectivity index (χ0) is 58.9. The van der Waals surface area contributed by atoms with Crippen LogP contribution in [0.15, 0.2) is 270 Å². The average molecular weight is 1160 g/mol. The van der Waals surface area contributed by atoms with E-state index in [1.807, 2.05) is 109 Å². The molecule has 0 radical (unpaired) electrons. The standard InChI is InChI=1S/C77H43F6N3O2/c78-76(79,80)58-36-16-30-52-54-32-18-40-64(73(54)87-71(52)58)84(44-20-3-1-4-21-44)66-42-60-68(49-27-9-7-24-46(49)66)69-50-28-10-8-25-47(50)67(85(45-22-5-2-6-23-45)65-41-19-33-55-53-31-17-37-59(77(81,82)83)72(53)88-74(55)65)43-61(69)75(60)56-34-12-14-39-63(56)86-62-38-13-11-26-48(62)51-29-15-35-57(75)70(51)86/h1-43H. The second kappa shape index (κ2) is 18.0. The van der Waals surface area contributed by atoms with Crippen LogP contribution in [0.2, 0.25) is 0 Å². The van der Waals surface area contributed by atoms with Crippen LogP contribution in [0.1, 0.15) is 33.4 Å². The molecular weight excluding hydrogens is 1110 g/mol. The molecule has 0 amide bonds. The summed E-state index contributed by atoms with van der Waals surface area (Å²) in [5.41, 5.74) is 10.4. The third kappa shape index (κ3) is 6.72. The van der Waals surface area contributed by atoms with Gasteiger partial charge in [-0.2, -0.15) is 26.3 Å². The van der Waals surface area contributed by atoms with Gasteiger partial charge in [0.25, 0.3) is 0 Å². The Morgan fingerprint density at radius 2 is 0.693 bits per heavy atom. The quantitative estimate of drug-likeness (QED) is 0.156. The second-order valence-electron chi connectivity index (χ2n) is 22.8. The third-order valence-electron chi connectivity index (χ3n) is 18.4. The van der Waals surface area contributed by atoms with Gasteiger partial charge in [-0.3, -0.25) is 0 Å². The Bertz CT molecular complexity index is 5380. The van der Waals surface area contributed by atoms with E-state index >= 15 is 0 Å². The Morgan fingerprint density at radius 1 is 0.307 bits per heavy atom. The van der Waals surface area contributed by atoms with Gasteiger partial charge >= 0.3 is 12.4 Å². The monoisotopic (exact) mass is 1160 g/mol. The molecule has 0 atom stereocenters. The fraction of sp³-hybridized carbons (Fsp3) is 0.0390. The minimum Gasteiger partial charge on any atom is -0.453 e. The number of aromatic nitrogens is 1. The number of alkyl halides is 6. The molecule has 13 aromatic carbocycles. The summed E-state index contributed by atoms with van der Waals surface area (Å²) in [6.45, 7) is 0. The number of furan rings is 2. The van der Waals surface area contributed by atoms with Crippen molar-refractivity contribution in [1.29, 1.82) is 0 Å². The van der Waals surface area contributed by atoms with E-state index in [1.165, 1.54) is 12.1 Å². The van der Waals surface area contributed by atoms with Crippen molar-refractivity contribution in [2.75, 3.05) is 9.80 Å². The molecule has 5 nitrogen and oxygen atoms in total. The Morgan fingerprint density at radius 3 is 1.20 bits per heavy atom. The molecule has 0 saturated carbocycles. The van der Waals surface area contributed by atoms with Crippen LogP contribution in [0.4, 0.5) is 60.5 Å². The largest absolute Gasteiger partial charge is 0.453 e. The summed E-state index contributed by atoms with van der Waals surface area (Å²) in [4.78, 5) is 4.25. The number of hydrogen-bond acceptors (Lipinski definition) is 4. The highest BCUT2D eigenvalue weighted by molar-refractivity contribution is 6.22. The molecule has 88 heavy (non-hydrogen) atoms. The lowest BCUT2D eigenvalue weighted by Gasteiger charge is -2.40. The first-order chi connectivity index (χ1) is 43.0. The average Bonchev–Trinajstić information content (AvgIpc) is 1.47. The van der Waals surface area contributed by atoms with E-state index < -0.39 is 28.9 Å². The lowest BCUT2D eigenvalue weighted by Crippen LogP contribution is -2.34. The van der Waals surface area contributed by atoms with Gasteiger partial charge in [-0.1, -0.05) is 188 Å². The van der Waals surface area contributed by atoms with Crippen LogP contribution in [0, 0.1) is 0 Å². The van der Waals surface area contributed by atoms with Gasteiger partial charge in [0.05, 0.1) is 56.0 Å². The first-order valence-corrected chi connectivity index (χ1v) is 29.0. The predicted octanol–water partition coefficient (Wildman–Crippen LogP) is 22.5. The van der Waals surface area contributed by atoms with E-state index in [0.717, 1.165) is 117 Å². The van der Waals surface area contributed by atoms with Crippen molar-refractivity contribution in [2.45, 2.75) is 17.8 Å². The van der Waals surface area contributed by atoms with Gasteiger partial charge < -0.3 is 23.2 Å². The second-order valence-corrected chi connectivity index (χ2v) is 22.8. The summed E-state index contributed by atoms with van der Waals surface area (Å²) >= 11 is 0. The van der Waals surface area contributed by atoms with Gasteiger partial charge in [0.1, 0.15) is 11.2 Å². The molecule has 0 unspecified atom stereocenters. The number of nitrogens with zero attached hydrogens (tertiary/aromatic N) is 3. The molecular formula is C77H43F6N3O2. The van der Waals surface area contributed by atoms with E-state index in [2.05, 4.69) is 130 Å². The van der Waals surface area contributed by atoms with Crippen molar-refractivity contribution < 1.29 is 35.2 Å². The van der Waals surface area contributed by atoms with Crippen molar-refractivity contribution in [1.82, 2.24) is 4.57 Å². The van der Waals surface area contributed by atoms with Gasteiger partial charge in [-0.25, -0.2) is 0 Å². The lowest BCUT2D eigenvalue weighted by molar-refractivity contribution is -0.137. The number of rotatable bonds is 6. The molecule has 18 rings (SSSR count). The van der Waals surface area contributed by atoms with Crippen molar-refractivity contribution >= 4 is 121 Å². The topological polar surface area (TPSA) is 37.7 Å². The molecule has 2 aliphatic rings. The maximum Gasteiger partial charge on any atom is 0.420 e. The van der Waals surface area contributed by atoms with Crippen LogP contribution in [0.5, 0.6) is 0 Å². The van der Waals surface area contributed by atoms with E-state index in [9.17, 15) is 26.3 Å². The highest BCUT2D eigenvalue weighted by Gasteiger charge is 2.53. The van der Waals surface area contributed by atoms with Crippen molar-refractivity contribution in [3.63, 3.8) is 0 Å². The number of benzene rings is 13. The molecule has 0 fully saturated rings. The zero-order valence-electron chi connectivity index (χ0n) is 46.3. The molecule has 4 heterocycles. The number of fused-ring (bicyclic) bond motifs is 22. The Balaban J connectivity index is 1.01. The van der Waals surface area contributed by atoms with Crippen LogP contribution in [0.3, 0.4) is 0 Å². The minimum atomic E-state index is -4.68.